The lowest BCUT2D eigenvalue weighted by Crippen LogP contribution is -2.13. The van der Waals surface area contributed by atoms with E-state index < -0.39 is 0 Å². The molecule has 88 valence electrons. The third kappa shape index (κ3) is 4.18. The van der Waals surface area contributed by atoms with Gasteiger partial charge in [-0.2, -0.15) is 0 Å². The molecule has 0 aliphatic heterocycles. The van der Waals surface area contributed by atoms with Gasteiger partial charge in [-0.25, -0.2) is 0 Å². The molecule has 16 heavy (non-hydrogen) atoms. The second-order valence-electron chi connectivity index (χ2n) is 5.66. The maximum atomic E-state index is 12.0. The monoisotopic (exact) mass is 218 g/mol. The zero-order valence-corrected chi connectivity index (χ0v) is 10.8. The summed E-state index contributed by atoms with van der Waals surface area (Å²) < 4.78 is 0. The van der Waals surface area contributed by atoms with Gasteiger partial charge in [0.15, 0.2) is 0 Å². The standard InChI is InChI=1S/C15H22O/c1-12(13-8-6-5-7-9-13)14(16)10-11-15(2,3)4/h5-9,12H,10-11H2,1-4H3. The zero-order chi connectivity index (χ0) is 12.2. The fourth-order valence-corrected chi connectivity index (χ4v) is 1.64. The van der Waals surface area contributed by atoms with Crippen LogP contribution in [-0.2, 0) is 4.79 Å². The Hall–Kier alpha value is -1.11. The van der Waals surface area contributed by atoms with E-state index >= 15 is 0 Å². The van der Waals surface area contributed by atoms with Crippen molar-refractivity contribution in [1.29, 1.82) is 0 Å². The van der Waals surface area contributed by atoms with Crippen molar-refractivity contribution in [3.63, 3.8) is 0 Å². The third-order valence-electron chi connectivity index (χ3n) is 2.90. The minimum atomic E-state index is 0.0311. The largest absolute Gasteiger partial charge is 0.299 e. The highest BCUT2D eigenvalue weighted by molar-refractivity contribution is 5.85. The predicted octanol–water partition coefficient (Wildman–Crippen LogP) is 4.19. The molecule has 0 amide bonds. The first kappa shape index (κ1) is 13.0. The lowest BCUT2D eigenvalue weighted by molar-refractivity contribution is -0.120. The van der Waals surface area contributed by atoms with E-state index in [2.05, 4.69) is 20.8 Å². The van der Waals surface area contributed by atoms with Crippen LogP contribution in [-0.4, -0.2) is 5.78 Å². The van der Waals surface area contributed by atoms with Gasteiger partial charge in [0.25, 0.3) is 0 Å². The van der Waals surface area contributed by atoms with Crippen molar-refractivity contribution < 1.29 is 4.79 Å². The fraction of sp³-hybridized carbons (Fsp3) is 0.533. The van der Waals surface area contributed by atoms with Crippen molar-refractivity contribution in [3.8, 4) is 0 Å². The first-order chi connectivity index (χ1) is 7.40. The molecule has 0 aliphatic carbocycles. The van der Waals surface area contributed by atoms with Crippen molar-refractivity contribution >= 4 is 5.78 Å². The van der Waals surface area contributed by atoms with Gasteiger partial charge >= 0.3 is 0 Å². The molecule has 0 aliphatic rings. The highest BCUT2D eigenvalue weighted by atomic mass is 16.1. The lowest BCUT2D eigenvalue weighted by atomic mass is 9.86. The Morgan fingerprint density at radius 3 is 2.25 bits per heavy atom. The fourth-order valence-electron chi connectivity index (χ4n) is 1.64. The quantitative estimate of drug-likeness (QED) is 0.740. The van der Waals surface area contributed by atoms with Crippen LogP contribution in [0.1, 0.15) is 52.0 Å². The molecule has 0 radical (unpaired) electrons. The Morgan fingerprint density at radius 2 is 1.75 bits per heavy atom. The van der Waals surface area contributed by atoms with Crippen LogP contribution in [0.25, 0.3) is 0 Å². The molecule has 0 spiro atoms. The Kier molecular flexibility index (Phi) is 4.28. The van der Waals surface area contributed by atoms with Crippen LogP contribution in [0.3, 0.4) is 0 Å². The van der Waals surface area contributed by atoms with Crippen molar-refractivity contribution in [1.82, 2.24) is 0 Å². The van der Waals surface area contributed by atoms with Gasteiger partial charge in [0.05, 0.1) is 0 Å². The van der Waals surface area contributed by atoms with E-state index in [4.69, 9.17) is 0 Å². The van der Waals surface area contributed by atoms with Gasteiger partial charge in [-0.05, 0) is 17.4 Å². The van der Waals surface area contributed by atoms with Crippen LogP contribution < -0.4 is 0 Å². The van der Waals surface area contributed by atoms with Crippen LogP contribution in [0.4, 0.5) is 0 Å². The van der Waals surface area contributed by atoms with Gasteiger partial charge in [-0.1, -0.05) is 58.0 Å². The maximum Gasteiger partial charge on any atom is 0.140 e. The molecule has 1 atom stereocenters. The minimum absolute atomic E-state index is 0.0311. The summed E-state index contributed by atoms with van der Waals surface area (Å²) in [5.41, 5.74) is 1.37. The Labute approximate surface area is 98.9 Å². The second kappa shape index (κ2) is 5.29. The Bertz CT molecular complexity index is 332. The molecule has 0 saturated carbocycles. The SMILES string of the molecule is CC(C(=O)CCC(C)(C)C)c1ccccc1. The summed E-state index contributed by atoms with van der Waals surface area (Å²) in [5.74, 6) is 0.379. The number of hydrogen-bond acceptors (Lipinski definition) is 1. The summed E-state index contributed by atoms with van der Waals surface area (Å²) in [6.07, 6.45) is 1.64. The van der Waals surface area contributed by atoms with Crippen molar-refractivity contribution in [3.05, 3.63) is 35.9 Å². The molecule has 1 rings (SSSR count). The summed E-state index contributed by atoms with van der Waals surface area (Å²) in [5, 5.41) is 0. The molecule has 0 saturated heterocycles. The predicted molar refractivity (Wildman–Crippen MR) is 68.6 cm³/mol. The molecule has 0 heterocycles. The maximum absolute atomic E-state index is 12.0. The van der Waals surface area contributed by atoms with Gasteiger partial charge in [-0.3, -0.25) is 4.79 Å². The molecular formula is C15H22O. The van der Waals surface area contributed by atoms with E-state index in [1.54, 1.807) is 0 Å². The van der Waals surface area contributed by atoms with Gasteiger partial charge in [-0.15, -0.1) is 0 Å². The molecule has 0 bridgehead atoms. The van der Waals surface area contributed by atoms with E-state index in [0.29, 0.717) is 12.2 Å². The van der Waals surface area contributed by atoms with E-state index in [-0.39, 0.29) is 11.3 Å². The van der Waals surface area contributed by atoms with E-state index in [9.17, 15) is 4.79 Å². The molecule has 1 heteroatoms. The number of benzene rings is 1. The molecular weight excluding hydrogens is 196 g/mol. The van der Waals surface area contributed by atoms with E-state index in [1.165, 1.54) is 0 Å². The second-order valence-corrected chi connectivity index (χ2v) is 5.66. The van der Waals surface area contributed by atoms with Crippen LogP contribution in [0, 0.1) is 5.41 Å². The molecule has 1 nitrogen and oxygen atoms in total. The summed E-state index contributed by atoms with van der Waals surface area (Å²) in [7, 11) is 0. The van der Waals surface area contributed by atoms with Gasteiger partial charge < -0.3 is 0 Å². The highest BCUT2D eigenvalue weighted by Gasteiger charge is 2.18. The molecule has 1 unspecified atom stereocenters. The summed E-state index contributed by atoms with van der Waals surface area (Å²) in [6.45, 7) is 8.52. The molecule has 0 fully saturated rings. The van der Waals surface area contributed by atoms with Crippen LogP contribution in [0.15, 0.2) is 30.3 Å². The normalized spacial score (nSPS) is 13.5. The Balaban J connectivity index is 2.55. The van der Waals surface area contributed by atoms with Gasteiger partial charge in [0.2, 0.25) is 0 Å². The summed E-state index contributed by atoms with van der Waals surface area (Å²) in [6, 6.07) is 10.0. The summed E-state index contributed by atoms with van der Waals surface area (Å²) in [4.78, 5) is 12.0. The molecule has 1 aromatic rings. The Morgan fingerprint density at radius 1 is 1.19 bits per heavy atom. The number of hydrogen-bond donors (Lipinski definition) is 0. The minimum Gasteiger partial charge on any atom is -0.299 e. The van der Waals surface area contributed by atoms with Crippen molar-refractivity contribution in [2.45, 2.75) is 46.5 Å². The topological polar surface area (TPSA) is 17.1 Å². The molecule has 0 N–H and O–H groups in total. The van der Waals surface area contributed by atoms with Crippen molar-refractivity contribution in [2.24, 2.45) is 5.41 Å². The number of carbonyl (C=O) groups excluding carboxylic acids is 1. The van der Waals surface area contributed by atoms with E-state index in [0.717, 1.165) is 12.0 Å². The lowest BCUT2D eigenvalue weighted by Gasteiger charge is -2.18. The first-order valence-corrected chi connectivity index (χ1v) is 5.98. The number of ketones is 1. The third-order valence-corrected chi connectivity index (χ3v) is 2.90. The van der Waals surface area contributed by atoms with Crippen LogP contribution in [0.2, 0.25) is 0 Å². The van der Waals surface area contributed by atoms with Crippen LogP contribution in [0.5, 0.6) is 0 Å². The van der Waals surface area contributed by atoms with Gasteiger partial charge in [0.1, 0.15) is 5.78 Å². The number of rotatable bonds is 4. The van der Waals surface area contributed by atoms with Crippen LogP contribution >= 0.6 is 0 Å². The molecule has 0 aromatic heterocycles. The number of Topliss-reactive ketones (excluding diaryl/α,β-unsaturated/α-hetero) is 1. The first-order valence-electron chi connectivity index (χ1n) is 5.98. The number of carbonyl (C=O) groups is 1. The van der Waals surface area contributed by atoms with Crippen molar-refractivity contribution in [2.75, 3.05) is 0 Å². The average Bonchev–Trinajstić information content (AvgIpc) is 2.25. The van der Waals surface area contributed by atoms with E-state index in [1.807, 2.05) is 37.3 Å². The summed E-state index contributed by atoms with van der Waals surface area (Å²) >= 11 is 0. The highest BCUT2D eigenvalue weighted by Crippen LogP contribution is 2.24. The molecule has 1 aromatic carbocycles. The van der Waals surface area contributed by atoms with Gasteiger partial charge in [0, 0.05) is 12.3 Å². The zero-order valence-electron chi connectivity index (χ0n) is 10.8. The average molecular weight is 218 g/mol. The smallest absolute Gasteiger partial charge is 0.140 e.